The number of anilines is 3. The van der Waals surface area contributed by atoms with Gasteiger partial charge in [0.2, 0.25) is 0 Å². The quantitative estimate of drug-likeness (QED) is 0.155. The first-order valence-corrected chi connectivity index (χ1v) is 23.6. The monoisotopic (exact) mass is 847 g/mol. The van der Waals surface area contributed by atoms with Gasteiger partial charge in [-0.1, -0.05) is 143 Å². The van der Waals surface area contributed by atoms with E-state index in [1.54, 1.807) is 0 Å². The van der Waals surface area contributed by atoms with Crippen LogP contribution in [-0.4, -0.2) is 9.55 Å². The lowest BCUT2D eigenvalue weighted by Gasteiger charge is -2.42. The summed E-state index contributed by atoms with van der Waals surface area (Å²) in [5.74, 6) is 0.913. The molecular formula is C63H49N3. The Morgan fingerprint density at radius 2 is 1.11 bits per heavy atom. The van der Waals surface area contributed by atoms with E-state index in [-0.39, 0.29) is 10.8 Å². The van der Waals surface area contributed by atoms with Crippen LogP contribution < -0.4 is 4.90 Å². The van der Waals surface area contributed by atoms with Crippen LogP contribution in [-0.2, 0) is 10.8 Å². The average Bonchev–Trinajstić information content (AvgIpc) is 3.86. The number of hydrogen-bond donors (Lipinski definition) is 0. The van der Waals surface area contributed by atoms with Gasteiger partial charge in [-0.25, -0.2) is 4.98 Å². The highest BCUT2D eigenvalue weighted by Crippen LogP contribution is 2.56. The lowest BCUT2D eigenvalue weighted by Crippen LogP contribution is -2.31. The molecule has 11 aromatic rings. The zero-order valence-electron chi connectivity index (χ0n) is 37.8. The van der Waals surface area contributed by atoms with Crippen LogP contribution in [0.2, 0.25) is 0 Å². The highest BCUT2D eigenvalue weighted by atomic mass is 15.2. The predicted octanol–water partition coefficient (Wildman–Crippen LogP) is 17.0. The molecule has 0 bridgehead atoms. The predicted molar refractivity (Wildman–Crippen MR) is 278 cm³/mol. The maximum atomic E-state index is 4.89. The van der Waals surface area contributed by atoms with Crippen molar-refractivity contribution in [3.05, 3.63) is 223 Å². The average molecular weight is 848 g/mol. The van der Waals surface area contributed by atoms with E-state index < -0.39 is 0 Å². The summed E-state index contributed by atoms with van der Waals surface area (Å²) in [5, 5.41) is 7.65. The maximum Gasteiger partial charge on any atom is 0.137 e. The van der Waals surface area contributed by atoms with Crippen molar-refractivity contribution in [3.8, 4) is 39.1 Å². The Labute approximate surface area is 386 Å². The van der Waals surface area contributed by atoms with Crippen LogP contribution in [0.3, 0.4) is 0 Å². The maximum absolute atomic E-state index is 4.89. The molecule has 0 radical (unpaired) electrons. The molecule has 9 aromatic carbocycles. The molecule has 3 heterocycles. The molecule has 0 saturated heterocycles. The molecule has 0 unspecified atom stereocenters. The highest BCUT2D eigenvalue weighted by molar-refractivity contribution is 6.12. The molecule has 0 atom stereocenters. The zero-order valence-corrected chi connectivity index (χ0v) is 37.8. The molecule has 0 fully saturated rings. The van der Waals surface area contributed by atoms with E-state index in [4.69, 9.17) is 4.98 Å². The van der Waals surface area contributed by atoms with Crippen molar-refractivity contribution in [2.45, 2.75) is 51.4 Å². The van der Waals surface area contributed by atoms with Gasteiger partial charge in [-0.05, 0) is 169 Å². The van der Waals surface area contributed by atoms with Crippen molar-refractivity contribution in [1.82, 2.24) is 9.55 Å². The van der Waals surface area contributed by atoms with Crippen LogP contribution in [0.5, 0.6) is 0 Å². The van der Waals surface area contributed by atoms with Crippen LogP contribution in [0.25, 0.3) is 82.4 Å². The molecule has 2 aromatic heterocycles. The Bertz CT molecular complexity index is 3760. The van der Waals surface area contributed by atoms with Gasteiger partial charge in [0.1, 0.15) is 5.82 Å². The molecule has 0 amide bonds. The van der Waals surface area contributed by atoms with Crippen molar-refractivity contribution in [3.63, 3.8) is 0 Å². The number of pyridine rings is 1. The molecule has 0 N–H and O–H groups in total. The fourth-order valence-corrected chi connectivity index (χ4v) is 12.1. The minimum atomic E-state index is -0.281. The van der Waals surface area contributed by atoms with Crippen molar-refractivity contribution in [1.29, 1.82) is 0 Å². The van der Waals surface area contributed by atoms with Gasteiger partial charge in [-0.2, -0.15) is 0 Å². The third kappa shape index (κ3) is 5.47. The Kier molecular flexibility index (Phi) is 8.43. The van der Waals surface area contributed by atoms with E-state index in [1.807, 2.05) is 12.3 Å². The Balaban J connectivity index is 0.948. The summed E-state index contributed by atoms with van der Waals surface area (Å²) in [6, 6.07) is 72.6. The van der Waals surface area contributed by atoms with Gasteiger partial charge in [0.05, 0.1) is 22.4 Å². The third-order valence-corrected chi connectivity index (χ3v) is 15.5. The zero-order chi connectivity index (χ0) is 44.3. The lowest BCUT2D eigenvalue weighted by molar-refractivity contribution is 0.490. The molecule has 2 aliphatic rings. The van der Waals surface area contributed by atoms with Crippen LogP contribution in [0, 0.1) is 0 Å². The number of nitrogens with zero attached hydrogens (tertiary/aromatic N) is 3. The van der Waals surface area contributed by atoms with Crippen molar-refractivity contribution in [2.24, 2.45) is 0 Å². The summed E-state index contributed by atoms with van der Waals surface area (Å²) in [4.78, 5) is 7.23. The topological polar surface area (TPSA) is 21.1 Å². The molecule has 0 spiro atoms. The van der Waals surface area contributed by atoms with Gasteiger partial charge in [-0.15, -0.1) is 0 Å². The largest absolute Gasteiger partial charge is 0.309 e. The minimum Gasteiger partial charge on any atom is -0.309 e. The normalized spacial score (nSPS) is 14.4. The van der Waals surface area contributed by atoms with Crippen molar-refractivity contribution < 1.29 is 0 Å². The fourth-order valence-electron chi connectivity index (χ4n) is 12.1. The molecule has 0 saturated carbocycles. The Morgan fingerprint density at radius 3 is 1.88 bits per heavy atom. The van der Waals surface area contributed by atoms with Crippen LogP contribution in [0.4, 0.5) is 17.2 Å². The summed E-state index contributed by atoms with van der Waals surface area (Å²) >= 11 is 0. The number of benzene rings is 9. The molecular weight excluding hydrogens is 799 g/mol. The number of fused-ring (bicyclic) bond motifs is 11. The SMILES string of the molecule is CCC1(CC)c2ccccc2-c2c1ccc1cc3ccc(-n4c5ccccc5c5cc(-c6ccc7c(c6)C(C)(C)c6cc(-c8ccccc8)ccc6N7c6ccccn6)ccc54)cc3cc21. The van der Waals surface area contributed by atoms with Gasteiger partial charge < -0.3 is 4.57 Å². The van der Waals surface area contributed by atoms with Crippen molar-refractivity contribution >= 4 is 60.5 Å². The number of rotatable bonds is 6. The Hall–Kier alpha value is -7.75. The Morgan fingerprint density at radius 1 is 0.439 bits per heavy atom. The van der Waals surface area contributed by atoms with Crippen LogP contribution in [0.1, 0.15) is 62.8 Å². The van der Waals surface area contributed by atoms with E-state index in [0.29, 0.717) is 0 Å². The minimum absolute atomic E-state index is 0.0477. The second-order valence-corrected chi connectivity index (χ2v) is 19.0. The molecule has 3 heteroatoms. The van der Waals surface area contributed by atoms with Gasteiger partial charge >= 0.3 is 0 Å². The highest BCUT2D eigenvalue weighted by Gasteiger charge is 2.41. The standard InChI is InChI=1S/C63H49N3/c1-5-63(6-2)52-20-12-10-19-49(52)61-50-37-46-35-47(28-23-41(46)34-45(50)24-29-53(61)63)65-56-21-13-11-18-48(56)51-36-42(25-30-57(51)65)44-27-32-59-55(39-44)62(3,4)54-38-43(40-16-8-7-9-17-40)26-31-58(54)66(59)60-22-14-15-33-64-60/h7-39H,5-6H2,1-4H3. The van der Waals surface area contributed by atoms with Crippen LogP contribution in [0.15, 0.2) is 200 Å². The first-order valence-electron chi connectivity index (χ1n) is 23.6. The van der Waals surface area contributed by atoms with Crippen LogP contribution >= 0.6 is 0 Å². The molecule has 1 aliphatic carbocycles. The molecule has 316 valence electrons. The summed E-state index contributed by atoms with van der Waals surface area (Å²) in [6.07, 6.45) is 4.07. The molecule has 13 rings (SSSR count). The first kappa shape index (κ1) is 38.7. The molecule has 1 aliphatic heterocycles. The number of aromatic nitrogens is 2. The lowest BCUT2D eigenvalue weighted by atomic mass is 9.72. The molecule has 3 nitrogen and oxygen atoms in total. The number of hydrogen-bond acceptors (Lipinski definition) is 2. The fraction of sp³-hybridized carbons (Fsp3) is 0.127. The summed E-state index contributed by atoms with van der Waals surface area (Å²) in [5.41, 5.74) is 18.8. The summed E-state index contributed by atoms with van der Waals surface area (Å²) < 4.78 is 2.46. The van der Waals surface area contributed by atoms with E-state index in [1.165, 1.54) is 110 Å². The first-order chi connectivity index (χ1) is 32.4. The van der Waals surface area contributed by atoms with Crippen molar-refractivity contribution in [2.75, 3.05) is 4.90 Å². The van der Waals surface area contributed by atoms with Gasteiger partial charge in [0.15, 0.2) is 0 Å². The summed E-state index contributed by atoms with van der Waals surface area (Å²) in [6.45, 7) is 9.45. The van der Waals surface area contributed by atoms with E-state index in [0.717, 1.165) is 24.3 Å². The van der Waals surface area contributed by atoms with E-state index >= 15 is 0 Å². The molecule has 66 heavy (non-hydrogen) atoms. The van der Waals surface area contributed by atoms with E-state index in [9.17, 15) is 0 Å². The third-order valence-electron chi connectivity index (χ3n) is 15.5. The second-order valence-electron chi connectivity index (χ2n) is 19.0. The second kappa shape index (κ2) is 14.4. The number of para-hydroxylation sites is 1. The van der Waals surface area contributed by atoms with Gasteiger partial charge in [0.25, 0.3) is 0 Å². The summed E-state index contributed by atoms with van der Waals surface area (Å²) in [7, 11) is 0. The smallest absolute Gasteiger partial charge is 0.137 e. The van der Waals surface area contributed by atoms with E-state index in [2.05, 4.69) is 225 Å². The van der Waals surface area contributed by atoms with Gasteiger partial charge in [-0.3, -0.25) is 4.90 Å². The van der Waals surface area contributed by atoms with Gasteiger partial charge in [0, 0.05) is 33.5 Å².